The Bertz CT molecular complexity index is 435. The van der Waals surface area contributed by atoms with Gasteiger partial charge in [0, 0.05) is 12.2 Å². The lowest BCUT2D eigenvalue weighted by molar-refractivity contribution is 0.0148. The van der Waals surface area contributed by atoms with Crippen LogP contribution >= 0.6 is 0 Å². The predicted molar refractivity (Wildman–Crippen MR) is 59.9 cm³/mol. The third kappa shape index (κ3) is 2.94. The summed E-state index contributed by atoms with van der Waals surface area (Å²) >= 11 is 0. The van der Waals surface area contributed by atoms with E-state index in [4.69, 9.17) is 15.7 Å². The number of nitriles is 1. The fourth-order valence-corrected chi connectivity index (χ4v) is 1.65. The Morgan fingerprint density at radius 2 is 2.12 bits per heavy atom. The number of alkyl halides is 2. The molecule has 1 aromatic heterocycles. The van der Waals surface area contributed by atoms with Crippen molar-refractivity contribution in [3.8, 4) is 6.07 Å². The van der Waals surface area contributed by atoms with Gasteiger partial charge in [-0.15, -0.1) is 0 Å². The van der Waals surface area contributed by atoms with Crippen LogP contribution in [-0.4, -0.2) is 24.2 Å². The summed E-state index contributed by atoms with van der Waals surface area (Å²) in [5, 5.41) is 8.91. The molecule has 2 N–H and O–H groups in total. The quantitative estimate of drug-likeness (QED) is 0.802. The standard InChI is InChI=1S/C11H15F2N3O/c1-7-8(2)16(11(15)9(7)5-14)3-4-17-6-10(12)13/h10H,3-4,6,15H2,1-2H3. The van der Waals surface area contributed by atoms with E-state index in [1.165, 1.54) is 0 Å². The highest BCUT2D eigenvalue weighted by Gasteiger charge is 2.14. The van der Waals surface area contributed by atoms with Crippen LogP contribution in [0.2, 0.25) is 0 Å². The Kier molecular flexibility index (Phi) is 4.46. The Morgan fingerprint density at radius 1 is 1.47 bits per heavy atom. The van der Waals surface area contributed by atoms with Crippen molar-refractivity contribution in [3.63, 3.8) is 0 Å². The van der Waals surface area contributed by atoms with Gasteiger partial charge in [-0.3, -0.25) is 0 Å². The van der Waals surface area contributed by atoms with E-state index < -0.39 is 13.0 Å². The molecule has 0 amide bonds. The van der Waals surface area contributed by atoms with Crippen LogP contribution in [-0.2, 0) is 11.3 Å². The van der Waals surface area contributed by atoms with Crippen molar-refractivity contribution < 1.29 is 13.5 Å². The molecule has 0 radical (unpaired) electrons. The summed E-state index contributed by atoms with van der Waals surface area (Å²) in [6.45, 7) is 3.58. The zero-order chi connectivity index (χ0) is 13.0. The summed E-state index contributed by atoms with van der Waals surface area (Å²) in [5.41, 5.74) is 7.91. The van der Waals surface area contributed by atoms with Crippen molar-refractivity contribution in [2.75, 3.05) is 18.9 Å². The Balaban J connectivity index is 2.69. The van der Waals surface area contributed by atoms with Gasteiger partial charge >= 0.3 is 0 Å². The molecule has 0 aliphatic carbocycles. The maximum atomic E-state index is 11.8. The second-order valence-corrected chi connectivity index (χ2v) is 3.70. The average molecular weight is 243 g/mol. The molecule has 0 unspecified atom stereocenters. The summed E-state index contributed by atoms with van der Waals surface area (Å²) in [4.78, 5) is 0. The van der Waals surface area contributed by atoms with Crippen molar-refractivity contribution >= 4 is 5.82 Å². The SMILES string of the molecule is Cc1c(C#N)c(N)n(CCOCC(F)F)c1C. The molecule has 0 fully saturated rings. The van der Waals surface area contributed by atoms with Gasteiger partial charge in [-0.05, 0) is 19.4 Å². The fourth-order valence-electron chi connectivity index (χ4n) is 1.65. The summed E-state index contributed by atoms with van der Waals surface area (Å²) in [6, 6.07) is 2.03. The normalized spacial score (nSPS) is 10.8. The van der Waals surface area contributed by atoms with E-state index in [-0.39, 0.29) is 6.61 Å². The van der Waals surface area contributed by atoms with Crippen molar-refractivity contribution in [1.82, 2.24) is 4.57 Å². The van der Waals surface area contributed by atoms with Gasteiger partial charge < -0.3 is 15.0 Å². The molecule has 0 spiro atoms. The first kappa shape index (κ1) is 13.5. The largest absolute Gasteiger partial charge is 0.384 e. The number of aromatic nitrogens is 1. The summed E-state index contributed by atoms with van der Waals surface area (Å²) in [7, 11) is 0. The molecule has 0 saturated carbocycles. The minimum absolute atomic E-state index is 0.147. The number of ether oxygens (including phenoxy) is 1. The van der Waals surface area contributed by atoms with E-state index in [1.54, 1.807) is 11.5 Å². The van der Waals surface area contributed by atoms with Crippen LogP contribution in [0.3, 0.4) is 0 Å². The zero-order valence-corrected chi connectivity index (χ0v) is 9.83. The molecule has 0 aliphatic rings. The smallest absolute Gasteiger partial charge is 0.261 e. The monoisotopic (exact) mass is 243 g/mol. The number of anilines is 1. The first-order valence-electron chi connectivity index (χ1n) is 5.20. The summed E-state index contributed by atoms with van der Waals surface area (Å²) in [5.74, 6) is 0.364. The molecule has 0 aromatic carbocycles. The van der Waals surface area contributed by atoms with Crippen LogP contribution in [0.1, 0.15) is 16.8 Å². The third-order valence-electron chi connectivity index (χ3n) is 2.68. The van der Waals surface area contributed by atoms with E-state index in [0.717, 1.165) is 11.3 Å². The highest BCUT2D eigenvalue weighted by Crippen LogP contribution is 2.23. The molecule has 0 aliphatic heterocycles. The first-order valence-corrected chi connectivity index (χ1v) is 5.20. The molecular formula is C11H15F2N3O. The maximum Gasteiger partial charge on any atom is 0.261 e. The van der Waals surface area contributed by atoms with Crippen LogP contribution < -0.4 is 5.73 Å². The molecular weight excluding hydrogens is 228 g/mol. The topological polar surface area (TPSA) is 64.0 Å². The van der Waals surface area contributed by atoms with Gasteiger partial charge in [0.25, 0.3) is 6.43 Å². The van der Waals surface area contributed by atoms with Crippen LogP contribution in [0.5, 0.6) is 0 Å². The molecule has 4 nitrogen and oxygen atoms in total. The molecule has 0 atom stereocenters. The summed E-state index contributed by atoms with van der Waals surface area (Å²) < 4.78 is 30.2. The zero-order valence-electron chi connectivity index (χ0n) is 9.83. The third-order valence-corrected chi connectivity index (χ3v) is 2.68. The van der Waals surface area contributed by atoms with Crippen LogP contribution in [0.4, 0.5) is 14.6 Å². The number of nitrogens with two attached hydrogens (primary N) is 1. The van der Waals surface area contributed by atoms with E-state index in [2.05, 4.69) is 0 Å². The van der Waals surface area contributed by atoms with Gasteiger partial charge in [0.2, 0.25) is 0 Å². The van der Waals surface area contributed by atoms with Crippen LogP contribution in [0.15, 0.2) is 0 Å². The number of nitrogen functional groups attached to an aromatic ring is 1. The Hall–Kier alpha value is -1.61. The van der Waals surface area contributed by atoms with Crippen molar-refractivity contribution in [2.24, 2.45) is 0 Å². The lowest BCUT2D eigenvalue weighted by Crippen LogP contribution is -2.13. The lowest BCUT2D eigenvalue weighted by Gasteiger charge is -2.09. The molecule has 94 valence electrons. The van der Waals surface area contributed by atoms with E-state index in [1.807, 2.05) is 13.0 Å². The van der Waals surface area contributed by atoms with Gasteiger partial charge in [-0.1, -0.05) is 0 Å². The van der Waals surface area contributed by atoms with Gasteiger partial charge in [-0.25, -0.2) is 8.78 Å². The van der Waals surface area contributed by atoms with Gasteiger partial charge in [0.15, 0.2) is 0 Å². The van der Waals surface area contributed by atoms with E-state index in [0.29, 0.717) is 17.9 Å². The van der Waals surface area contributed by atoms with Gasteiger partial charge in [0.1, 0.15) is 18.5 Å². The van der Waals surface area contributed by atoms with Crippen LogP contribution in [0.25, 0.3) is 0 Å². The second kappa shape index (κ2) is 5.64. The summed E-state index contributed by atoms with van der Waals surface area (Å²) in [6.07, 6.45) is -2.46. The van der Waals surface area contributed by atoms with Crippen LogP contribution in [0, 0.1) is 25.2 Å². The van der Waals surface area contributed by atoms with E-state index >= 15 is 0 Å². The maximum absolute atomic E-state index is 11.8. The average Bonchev–Trinajstić information content (AvgIpc) is 2.47. The van der Waals surface area contributed by atoms with Gasteiger partial charge in [-0.2, -0.15) is 5.26 Å². The van der Waals surface area contributed by atoms with Crippen molar-refractivity contribution in [2.45, 2.75) is 26.8 Å². The molecule has 1 aromatic rings. The Morgan fingerprint density at radius 3 is 2.59 bits per heavy atom. The lowest BCUT2D eigenvalue weighted by atomic mass is 10.2. The van der Waals surface area contributed by atoms with Gasteiger partial charge in [0.05, 0.1) is 12.2 Å². The fraction of sp³-hybridized carbons (Fsp3) is 0.545. The molecule has 1 heterocycles. The second-order valence-electron chi connectivity index (χ2n) is 3.70. The predicted octanol–water partition coefficient (Wildman–Crippen LogP) is 1.84. The molecule has 0 bridgehead atoms. The number of halogens is 2. The number of rotatable bonds is 5. The number of hydrogen-bond acceptors (Lipinski definition) is 3. The highest BCUT2D eigenvalue weighted by molar-refractivity contribution is 5.57. The first-order chi connectivity index (χ1) is 7.99. The minimum atomic E-state index is -2.46. The number of nitrogens with zero attached hydrogens (tertiary/aromatic N) is 2. The molecule has 1 rings (SSSR count). The molecule has 6 heteroatoms. The van der Waals surface area contributed by atoms with Crippen molar-refractivity contribution in [3.05, 3.63) is 16.8 Å². The number of hydrogen-bond donors (Lipinski definition) is 1. The molecule has 0 saturated heterocycles. The minimum Gasteiger partial charge on any atom is -0.384 e. The van der Waals surface area contributed by atoms with Crippen molar-refractivity contribution in [1.29, 1.82) is 5.26 Å². The molecule has 17 heavy (non-hydrogen) atoms. The van der Waals surface area contributed by atoms with E-state index in [9.17, 15) is 8.78 Å². The highest BCUT2D eigenvalue weighted by atomic mass is 19.3. The Labute approximate surface area is 98.6 Å².